The van der Waals surface area contributed by atoms with Gasteiger partial charge in [-0.15, -0.1) is 0 Å². The van der Waals surface area contributed by atoms with Crippen LogP contribution < -0.4 is 20.3 Å². The van der Waals surface area contributed by atoms with Crippen molar-refractivity contribution in [1.82, 2.24) is 9.66 Å². The predicted molar refractivity (Wildman–Crippen MR) is 189 cm³/mol. The van der Waals surface area contributed by atoms with Crippen molar-refractivity contribution in [3.63, 3.8) is 0 Å². The quantitative estimate of drug-likeness (QED) is 0.153. The summed E-state index contributed by atoms with van der Waals surface area (Å²) in [5.74, 6) is 0.930. The maximum absolute atomic E-state index is 14.1. The molecule has 0 spiro atoms. The number of para-hydroxylation sites is 1. The molecule has 8 nitrogen and oxygen atoms in total. The smallest absolute Gasteiger partial charge is 0.282 e. The Morgan fingerprint density at radius 2 is 1.67 bits per heavy atom. The molecule has 0 saturated heterocycles. The Balaban J connectivity index is 1.45. The van der Waals surface area contributed by atoms with E-state index in [1.807, 2.05) is 68.4 Å². The normalized spacial score (nSPS) is 11.5. The molecule has 6 aromatic rings. The number of nitrogens with one attached hydrogen (secondary N) is 1. The number of aromatic nitrogens is 2. The van der Waals surface area contributed by atoms with Gasteiger partial charge in [0.2, 0.25) is 0 Å². The van der Waals surface area contributed by atoms with Crippen molar-refractivity contribution in [3.05, 3.63) is 130 Å². The SMILES string of the molecule is CCOc1cc(C)c(-c2nc3ccccc3c(=O)n2N=Cc2c(OCC(=O)Nc3ccc(F)cc3)ccc3ccccc23)cc1C(C)C. The van der Waals surface area contributed by atoms with Crippen LogP contribution in [0.5, 0.6) is 11.5 Å². The van der Waals surface area contributed by atoms with Crippen LogP contribution in [0.25, 0.3) is 33.1 Å². The average Bonchev–Trinajstić information content (AvgIpc) is 3.08. The molecule has 1 aromatic heterocycles. The van der Waals surface area contributed by atoms with Crippen LogP contribution in [0, 0.1) is 12.7 Å². The molecule has 1 heterocycles. The van der Waals surface area contributed by atoms with E-state index in [9.17, 15) is 14.0 Å². The molecule has 242 valence electrons. The minimum absolute atomic E-state index is 0.158. The van der Waals surface area contributed by atoms with Gasteiger partial charge in [-0.2, -0.15) is 9.78 Å². The summed E-state index contributed by atoms with van der Waals surface area (Å²) in [4.78, 5) is 31.8. The molecule has 0 bridgehead atoms. The first-order valence-electron chi connectivity index (χ1n) is 15.8. The van der Waals surface area contributed by atoms with E-state index >= 15 is 0 Å². The van der Waals surface area contributed by atoms with Gasteiger partial charge in [-0.3, -0.25) is 9.59 Å². The van der Waals surface area contributed by atoms with Gasteiger partial charge in [0.15, 0.2) is 12.4 Å². The van der Waals surface area contributed by atoms with Crippen molar-refractivity contribution < 1.29 is 18.7 Å². The number of carbonyl (C=O) groups is 1. The van der Waals surface area contributed by atoms with Crippen LogP contribution in [0.3, 0.4) is 0 Å². The summed E-state index contributed by atoms with van der Waals surface area (Å²) in [6, 6.07) is 28.1. The summed E-state index contributed by atoms with van der Waals surface area (Å²) in [5.41, 5.74) is 3.91. The minimum Gasteiger partial charge on any atom is -0.494 e. The topological polar surface area (TPSA) is 94.8 Å². The molecule has 0 aliphatic rings. The molecule has 48 heavy (non-hydrogen) atoms. The Morgan fingerprint density at radius 1 is 0.938 bits per heavy atom. The third kappa shape index (κ3) is 6.66. The number of fused-ring (bicyclic) bond motifs is 2. The van der Waals surface area contributed by atoms with Crippen LogP contribution in [0.2, 0.25) is 0 Å². The summed E-state index contributed by atoms with van der Waals surface area (Å²) in [5, 5.41) is 9.64. The number of amides is 1. The predicted octanol–water partition coefficient (Wildman–Crippen LogP) is 8.09. The number of anilines is 1. The molecule has 0 unspecified atom stereocenters. The third-order valence-corrected chi connectivity index (χ3v) is 7.99. The first-order valence-corrected chi connectivity index (χ1v) is 15.8. The van der Waals surface area contributed by atoms with Crippen molar-refractivity contribution in [3.8, 4) is 22.9 Å². The van der Waals surface area contributed by atoms with Gasteiger partial charge in [0.1, 0.15) is 17.3 Å². The second-order valence-electron chi connectivity index (χ2n) is 11.6. The van der Waals surface area contributed by atoms with Crippen LogP contribution in [-0.4, -0.2) is 35.0 Å². The highest BCUT2D eigenvalue weighted by atomic mass is 19.1. The fourth-order valence-electron chi connectivity index (χ4n) is 5.60. The zero-order valence-electron chi connectivity index (χ0n) is 27.2. The monoisotopic (exact) mass is 642 g/mol. The van der Waals surface area contributed by atoms with Gasteiger partial charge >= 0.3 is 0 Å². The second-order valence-corrected chi connectivity index (χ2v) is 11.6. The third-order valence-electron chi connectivity index (χ3n) is 7.99. The lowest BCUT2D eigenvalue weighted by atomic mass is 9.96. The molecular formula is C39H35FN4O4. The van der Waals surface area contributed by atoms with E-state index in [1.165, 1.54) is 28.9 Å². The van der Waals surface area contributed by atoms with E-state index in [-0.39, 0.29) is 18.1 Å². The fourth-order valence-corrected chi connectivity index (χ4v) is 5.60. The molecule has 0 fully saturated rings. The van der Waals surface area contributed by atoms with Gasteiger partial charge in [-0.25, -0.2) is 9.37 Å². The molecule has 0 saturated carbocycles. The highest BCUT2D eigenvalue weighted by Crippen LogP contribution is 2.34. The number of benzene rings is 5. The van der Waals surface area contributed by atoms with Crippen molar-refractivity contribution in [2.45, 2.75) is 33.6 Å². The van der Waals surface area contributed by atoms with E-state index in [1.54, 1.807) is 24.4 Å². The highest BCUT2D eigenvalue weighted by Gasteiger charge is 2.19. The van der Waals surface area contributed by atoms with E-state index in [0.29, 0.717) is 40.3 Å². The molecule has 1 N–H and O–H groups in total. The van der Waals surface area contributed by atoms with Gasteiger partial charge in [-0.1, -0.05) is 56.3 Å². The summed E-state index contributed by atoms with van der Waals surface area (Å²) in [6.45, 7) is 8.34. The molecule has 9 heteroatoms. The van der Waals surface area contributed by atoms with Gasteiger partial charge < -0.3 is 14.8 Å². The standard InChI is InChI=1S/C39H35FN4O4/c1-5-47-36-20-25(4)32(21-31(36)24(2)3)38-43-34-13-9-8-12-30(34)39(46)44(38)41-22-33-29-11-7-6-10-26(29)14-19-35(33)48-23-37(45)42-28-17-15-27(40)16-18-28/h6-22,24H,5,23H2,1-4H3,(H,42,45). The lowest BCUT2D eigenvalue weighted by Gasteiger charge is -2.18. The van der Waals surface area contributed by atoms with Gasteiger partial charge in [-0.05, 0) is 96.3 Å². The molecule has 0 radical (unpaired) electrons. The van der Waals surface area contributed by atoms with E-state index in [0.717, 1.165) is 33.2 Å². The summed E-state index contributed by atoms with van der Waals surface area (Å²) >= 11 is 0. The second kappa shape index (κ2) is 13.9. The largest absolute Gasteiger partial charge is 0.494 e. The number of hydrogen-bond donors (Lipinski definition) is 1. The van der Waals surface area contributed by atoms with Crippen LogP contribution in [0.4, 0.5) is 10.1 Å². The molecule has 0 aliphatic heterocycles. The Kier molecular flexibility index (Phi) is 9.29. The number of nitrogens with zero attached hydrogens (tertiary/aromatic N) is 3. The molecule has 6 rings (SSSR count). The number of aryl methyl sites for hydroxylation is 1. The molecule has 5 aromatic carbocycles. The average molecular weight is 643 g/mol. The Hall–Kier alpha value is -5.83. The molecule has 0 aliphatic carbocycles. The van der Waals surface area contributed by atoms with Gasteiger partial charge in [0.05, 0.1) is 23.7 Å². The summed E-state index contributed by atoms with van der Waals surface area (Å²) in [7, 11) is 0. The van der Waals surface area contributed by atoms with Crippen LogP contribution in [0.1, 0.15) is 43.4 Å². The Morgan fingerprint density at radius 3 is 2.42 bits per heavy atom. The molecule has 1 amide bonds. The zero-order valence-corrected chi connectivity index (χ0v) is 27.2. The highest BCUT2D eigenvalue weighted by molar-refractivity contribution is 6.03. The van der Waals surface area contributed by atoms with Crippen LogP contribution in [-0.2, 0) is 4.79 Å². The van der Waals surface area contributed by atoms with Crippen molar-refractivity contribution in [2.24, 2.45) is 5.10 Å². The molecular weight excluding hydrogens is 607 g/mol. The minimum atomic E-state index is -0.415. The van der Waals surface area contributed by atoms with Crippen LogP contribution >= 0.6 is 0 Å². The van der Waals surface area contributed by atoms with Gasteiger partial charge in [0, 0.05) is 16.8 Å². The fraction of sp³-hybridized carbons (Fsp3) is 0.179. The molecule has 0 atom stereocenters. The zero-order chi connectivity index (χ0) is 33.8. The lowest BCUT2D eigenvalue weighted by Crippen LogP contribution is -2.21. The maximum atomic E-state index is 14.1. The van der Waals surface area contributed by atoms with E-state index in [4.69, 9.17) is 19.6 Å². The summed E-state index contributed by atoms with van der Waals surface area (Å²) < 4.78 is 26.6. The first kappa shape index (κ1) is 32.1. The first-order chi connectivity index (χ1) is 23.2. The maximum Gasteiger partial charge on any atom is 0.282 e. The Bertz CT molecular complexity index is 2230. The number of halogens is 1. The van der Waals surface area contributed by atoms with Gasteiger partial charge in [0.25, 0.3) is 11.5 Å². The summed E-state index contributed by atoms with van der Waals surface area (Å²) in [6.07, 6.45) is 1.57. The van der Waals surface area contributed by atoms with Crippen molar-refractivity contribution >= 4 is 39.5 Å². The number of rotatable bonds is 10. The van der Waals surface area contributed by atoms with Crippen LogP contribution in [0.15, 0.2) is 107 Å². The Labute approximate surface area is 277 Å². The lowest BCUT2D eigenvalue weighted by molar-refractivity contribution is -0.118. The van der Waals surface area contributed by atoms with E-state index < -0.39 is 11.7 Å². The number of ether oxygens (including phenoxy) is 2. The number of hydrogen-bond acceptors (Lipinski definition) is 6. The number of carbonyl (C=O) groups excluding carboxylic acids is 1. The van der Waals surface area contributed by atoms with Crippen molar-refractivity contribution in [1.29, 1.82) is 0 Å². The van der Waals surface area contributed by atoms with Crippen molar-refractivity contribution in [2.75, 3.05) is 18.5 Å². The van der Waals surface area contributed by atoms with E-state index in [2.05, 4.69) is 19.2 Å².